The molecule has 2 rings (SSSR count). The largest absolute Gasteiger partial charge is 0.480 e. The molecule has 0 aliphatic carbocycles. The average Bonchev–Trinajstić information content (AvgIpc) is 2.78. The number of amides is 1. The first kappa shape index (κ1) is 14.0. The number of H-pyrrole nitrogens is 1. The Balaban J connectivity index is 1.95. The van der Waals surface area contributed by atoms with E-state index in [1.54, 1.807) is 0 Å². The lowest BCUT2D eigenvalue weighted by Crippen LogP contribution is -2.49. The van der Waals surface area contributed by atoms with E-state index in [4.69, 9.17) is 5.11 Å². The van der Waals surface area contributed by atoms with Crippen molar-refractivity contribution in [2.75, 3.05) is 0 Å². The molecule has 0 saturated carbocycles. The molecule has 6 heteroatoms. The van der Waals surface area contributed by atoms with E-state index in [0.717, 1.165) is 16.9 Å². The van der Waals surface area contributed by atoms with Crippen molar-refractivity contribution < 1.29 is 14.7 Å². The third-order valence-electron chi connectivity index (χ3n) is 3.01. The number of nitrogens with zero attached hydrogens (tertiary/aromatic N) is 1. The number of hydrogen-bond donors (Lipinski definition) is 3. The van der Waals surface area contributed by atoms with Crippen LogP contribution in [0.2, 0.25) is 0 Å². The van der Waals surface area contributed by atoms with Gasteiger partial charge in [-0.1, -0.05) is 12.1 Å². The third-order valence-corrected chi connectivity index (χ3v) is 3.01. The maximum Gasteiger partial charge on any atom is 0.328 e. The molecule has 1 aromatic heterocycles. The molecular formula is C14H17N3O3. The first-order chi connectivity index (χ1) is 9.38. The quantitative estimate of drug-likeness (QED) is 0.770. The lowest BCUT2D eigenvalue weighted by molar-refractivity contribution is -0.146. The van der Waals surface area contributed by atoms with Crippen molar-refractivity contribution in [1.29, 1.82) is 0 Å². The predicted molar refractivity (Wildman–Crippen MR) is 74.3 cm³/mol. The predicted octanol–water partition coefficient (Wildman–Crippen LogP) is 1.47. The number of imidazole rings is 1. The number of rotatable bonds is 5. The van der Waals surface area contributed by atoms with Gasteiger partial charge in [0.05, 0.1) is 11.0 Å². The highest BCUT2D eigenvalue weighted by Crippen LogP contribution is 2.11. The van der Waals surface area contributed by atoms with Crippen molar-refractivity contribution in [2.24, 2.45) is 0 Å². The number of aryl methyl sites for hydroxylation is 1. The lowest BCUT2D eigenvalue weighted by atomic mass is 10.1. The summed E-state index contributed by atoms with van der Waals surface area (Å²) in [4.78, 5) is 30.1. The summed E-state index contributed by atoms with van der Waals surface area (Å²) in [5.41, 5.74) is 0.521. The van der Waals surface area contributed by atoms with Crippen LogP contribution in [0.3, 0.4) is 0 Å². The van der Waals surface area contributed by atoms with E-state index in [1.807, 2.05) is 24.3 Å². The van der Waals surface area contributed by atoms with Crippen molar-refractivity contribution in [3.05, 3.63) is 30.1 Å². The number of benzene rings is 1. The summed E-state index contributed by atoms with van der Waals surface area (Å²) in [5.74, 6) is -0.651. The molecule has 2 aromatic rings. The van der Waals surface area contributed by atoms with Gasteiger partial charge in [0.15, 0.2) is 0 Å². The van der Waals surface area contributed by atoms with Gasteiger partial charge in [-0.05, 0) is 26.0 Å². The van der Waals surface area contributed by atoms with Crippen LogP contribution in [-0.4, -0.2) is 32.5 Å². The van der Waals surface area contributed by atoms with E-state index in [-0.39, 0.29) is 12.3 Å². The molecule has 0 aliphatic heterocycles. The van der Waals surface area contributed by atoms with E-state index >= 15 is 0 Å². The van der Waals surface area contributed by atoms with E-state index in [1.165, 1.54) is 13.8 Å². The summed E-state index contributed by atoms with van der Waals surface area (Å²) in [5, 5.41) is 11.4. The number of carboxylic acids is 1. The van der Waals surface area contributed by atoms with Crippen molar-refractivity contribution in [1.82, 2.24) is 15.3 Å². The number of carbonyl (C=O) groups excluding carboxylic acids is 1. The van der Waals surface area contributed by atoms with Crippen LogP contribution < -0.4 is 5.32 Å². The zero-order valence-electron chi connectivity index (χ0n) is 11.4. The second kappa shape index (κ2) is 5.32. The number of carboxylic acid groups (broad SMARTS) is 1. The molecule has 0 saturated heterocycles. The second-order valence-corrected chi connectivity index (χ2v) is 5.18. The van der Waals surface area contributed by atoms with Crippen LogP contribution in [0.15, 0.2) is 24.3 Å². The van der Waals surface area contributed by atoms with Gasteiger partial charge in [0, 0.05) is 12.8 Å². The number of para-hydroxylation sites is 2. The SMILES string of the molecule is CC(C)(NC(=O)CCc1nc2ccccc2[nH]1)C(=O)O. The van der Waals surface area contributed by atoms with Crippen LogP contribution >= 0.6 is 0 Å². The molecule has 0 fully saturated rings. The zero-order valence-corrected chi connectivity index (χ0v) is 11.4. The van der Waals surface area contributed by atoms with Crippen LogP contribution in [-0.2, 0) is 16.0 Å². The molecule has 106 valence electrons. The first-order valence-electron chi connectivity index (χ1n) is 6.36. The number of aromatic amines is 1. The van der Waals surface area contributed by atoms with Crippen molar-refractivity contribution in [3.63, 3.8) is 0 Å². The summed E-state index contributed by atoms with van der Waals surface area (Å²) in [6.45, 7) is 2.91. The molecule has 0 atom stereocenters. The van der Waals surface area contributed by atoms with Gasteiger partial charge in [-0.25, -0.2) is 9.78 Å². The minimum Gasteiger partial charge on any atom is -0.480 e. The highest BCUT2D eigenvalue weighted by atomic mass is 16.4. The normalized spacial score (nSPS) is 11.5. The highest BCUT2D eigenvalue weighted by Gasteiger charge is 2.28. The van der Waals surface area contributed by atoms with Gasteiger partial charge in [0.2, 0.25) is 5.91 Å². The summed E-state index contributed by atoms with van der Waals surface area (Å²) in [7, 11) is 0. The molecule has 1 amide bonds. The fourth-order valence-electron chi connectivity index (χ4n) is 1.82. The zero-order chi connectivity index (χ0) is 14.8. The van der Waals surface area contributed by atoms with E-state index in [0.29, 0.717) is 6.42 Å². The van der Waals surface area contributed by atoms with Gasteiger partial charge in [0.1, 0.15) is 11.4 Å². The third kappa shape index (κ3) is 3.14. The fraction of sp³-hybridized carbons (Fsp3) is 0.357. The maximum absolute atomic E-state index is 11.7. The lowest BCUT2D eigenvalue weighted by Gasteiger charge is -2.20. The molecule has 0 radical (unpaired) electrons. The summed E-state index contributed by atoms with van der Waals surface area (Å²) in [6, 6.07) is 7.61. The minimum atomic E-state index is -1.26. The number of aromatic nitrogens is 2. The van der Waals surface area contributed by atoms with Gasteiger partial charge in [0.25, 0.3) is 0 Å². The molecule has 6 nitrogen and oxygen atoms in total. The van der Waals surface area contributed by atoms with Gasteiger partial charge in [-0.3, -0.25) is 4.79 Å². The smallest absolute Gasteiger partial charge is 0.328 e. The standard InChI is InChI=1S/C14H17N3O3/c1-14(2,13(19)20)17-12(18)8-7-11-15-9-5-3-4-6-10(9)16-11/h3-6H,7-8H2,1-2H3,(H,15,16)(H,17,18)(H,19,20). The Bertz CT molecular complexity index is 613. The molecule has 0 bridgehead atoms. The topological polar surface area (TPSA) is 95.1 Å². The molecule has 1 aromatic carbocycles. The Morgan fingerprint density at radius 2 is 2.05 bits per heavy atom. The number of nitrogens with one attached hydrogen (secondary N) is 2. The van der Waals surface area contributed by atoms with Crippen molar-refractivity contribution >= 4 is 22.9 Å². The molecular weight excluding hydrogens is 258 g/mol. The van der Waals surface area contributed by atoms with Gasteiger partial charge >= 0.3 is 5.97 Å². The van der Waals surface area contributed by atoms with Crippen LogP contribution in [0, 0.1) is 0 Å². The first-order valence-corrected chi connectivity index (χ1v) is 6.36. The average molecular weight is 275 g/mol. The number of fused-ring (bicyclic) bond motifs is 1. The van der Waals surface area contributed by atoms with Crippen molar-refractivity contribution in [3.8, 4) is 0 Å². The molecule has 0 aliphatic rings. The Labute approximate surface area is 116 Å². The Morgan fingerprint density at radius 1 is 1.35 bits per heavy atom. The van der Waals surface area contributed by atoms with Crippen LogP contribution in [0.25, 0.3) is 11.0 Å². The minimum absolute atomic E-state index is 0.191. The number of carbonyl (C=O) groups is 2. The highest BCUT2D eigenvalue weighted by molar-refractivity contribution is 5.86. The fourth-order valence-corrected chi connectivity index (χ4v) is 1.82. The molecule has 0 unspecified atom stereocenters. The van der Waals surface area contributed by atoms with Crippen LogP contribution in [0.4, 0.5) is 0 Å². The molecule has 20 heavy (non-hydrogen) atoms. The second-order valence-electron chi connectivity index (χ2n) is 5.18. The molecule has 3 N–H and O–H groups in total. The van der Waals surface area contributed by atoms with E-state index < -0.39 is 11.5 Å². The Hall–Kier alpha value is -2.37. The molecule has 0 spiro atoms. The van der Waals surface area contributed by atoms with Gasteiger partial charge in [-0.15, -0.1) is 0 Å². The summed E-state index contributed by atoms with van der Waals surface area (Å²) < 4.78 is 0. The number of aliphatic carboxylic acids is 1. The number of hydrogen-bond acceptors (Lipinski definition) is 3. The van der Waals surface area contributed by atoms with Gasteiger partial charge in [-0.2, -0.15) is 0 Å². The molecule has 1 heterocycles. The monoisotopic (exact) mass is 275 g/mol. The van der Waals surface area contributed by atoms with Crippen LogP contribution in [0.1, 0.15) is 26.1 Å². The Kier molecular flexibility index (Phi) is 3.74. The van der Waals surface area contributed by atoms with E-state index in [2.05, 4.69) is 15.3 Å². The summed E-state index contributed by atoms with van der Waals surface area (Å²) in [6.07, 6.45) is 0.632. The summed E-state index contributed by atoms with van der Waals surface area (Å²) >= 11 is 0. The van der Waals surface area contributed by atoms with Gasteiger partial charge < -0.3 is 15.4 Å². The van der Waals surface area contributed by atoms with Crippen LogP contribution in [0.5, 0.6) is 0 Å². The van der Waals surface area contributed by atoms with Crippen molar-refractivity contribution in [2.45, 2.75) is 32.2 Å². The maximum atomic E-state index is 11.7. The van der Waals surface area contributed by atoms with E-state index in [9.17, 15) is 9.59 Å². The Morgan fingerprint density at radius 3 is 2.70 bits per heavy atom.